The summed E-state index contributed by atoms with van der Waals surface area (Å²) in [6.45, 7) is 5.69. The predicted molar refractivity (Wildman–Crippen MR) is 159 cm³/mol. The van der Waals surface area contributed by atoms with Gasteiger partial charge in [0.05, 0.1) is 41.8 Å². The van der Waals surface area contributed by atoms with Crippen LogP contribution in [0.5, 0.6) is 5.75 Å². The molecule has 12 heteroatoms. The molecule has 2 atom stereocenters. The topological polar surface area (TPSA) is 95.1 Å². The fourth-order valence-corrected chi connectivity index (χ4v) is 5.44. The maximum atomic E-state index is 14.2. The molecule has 5 rings (SSSR count). The fourth-order valence-electron chi connectivity index (χ4n) is 5.19. The molecule has 0 bridgehead atoms. The third-order valence-corrected chi connectivity index (χ3v) is 7.78. The minimum Gasteiger partial charge on any atom is -0.494 e. The Bertz CT molecular complexity index is 1440. The third-order valence-electron chi connectivity index (χ3n) is 7.38. The summed E-state index contributed by atoms with van der Waals surface area (Å²) < 4.78 is 19.9. The van der Waals surface area contributed by atoms with Crippen LogP contribution in [0.4, 0.5) is 33.1 Å². The van der Waals surface area contributed by atoms with Gasteiger partial charge in [-0.15, -0.1) is 0 Å². The molecule has 2 aromatic carbocycles. The first kappa shape index (κ1) is 28.6. The van der Waals surface area contributed by atoms with Gasteiger partial charge in [0.25, 0.3) is 0 Å². The molecule has 0 unspecified atom stereocenters. The van der Waals surface area contributed by atoms with Crippen molar-refractivity contribution in [3.05, 3.63) is 71.8 Å². The van der Waals surface area contributed by atoms with Crippen LogP contribution < -0.4 is 25.3 Å². The fraction of sp³-hybridized carbons (Fsp3) is 0.345. The van der Waals surface area contributed by atoms with E-state index in [-0.39, 0.29) is 17.0 Å². The number of hydrogen-bond donors (Lipinski definition) is 2. The van der Waals surface area contributed by atoms with Crippen LogP contribution in [0.3, 0.4) is 0 Å². The van der Waals surface area contributed by atoms with Gasteiger partial charge in [0.15, 0.2) is 5.82 Å². The van der Waals surface area contributed by atoms with Crippen molar-refractivity contribution in [3.8, 4) is 5.75 Å². The lowest BCUT2D eigenvalue weighted by Gasteiger charge is -2.26. The second kappa shape index (κ2) is 12.3. The molecule has 2 saturated heterocycles. The van der Waals surface area contributed by atoms with E-state index in [2.05, 4.69) is 51.1 Å². The summed E-state index contributed by atoms with van der Waals surface area (Å²) in [5, 5.41) is 7.91. The highest BCUT2D eigenvalue weighted by atomic mass is 35.5. The molecule has 216 valence electrons. The van der Waals surface area contributed by atoms with Gasteiger partial charge >= 0.3 is 0 Å². The maximum absolute atomic E-state index is 14.2. The molecule has 0 aliphatic carbocycles. The summed E-state index contributed by atoms with van der Waals surface area (Å²) in [7, 11) is 5.73. The van der Waals surface area contributed by atoms with Crippen LogP contribution in [0.2, 0.25) is 5.02 Å². The first-order valence-corrected chi connectivity index (χ1v) is 13.7. The molecule has 0 saturated carbocycles. The summed E-state index contributed by atoms with van der Waals surface area (Å²) in [6.07, 6.45) is 4.27. The van der Waals surface area contributed by atoms with Gasteiger partial charge in [0.1, 0.15) is 23.7 Å². The Hall–Kier alpha value is -3.93. The van der Waals surface area contributed by atoms with E-state index >= 15 is 0 Å². The van der Waals surface area contributed by atoms with Crippen LogP contribution in [-0.4, -0.2) is 67.7 Å². The van der Waals surface area contributed by atoms with Gasteiger partial charge in [-0.3, -0.25) is 9.63 Å². The van der Waals surface area contributed by atoms with Crippen molar-refractivity contribution < 1.29 is 18.8 Å². The Balaban J connectivity index is 1.45. The number of methoxy groups -OCH3 is 1. The van der Waals surface area contributed by atoms with Gasteiger partial charge < -0.3 is 25.2 Å². The lowest BCUT2D eigenvalue weighted by Crippen LogP contribution is -2.31. The molecule has 2 aliphatic rings. The molecule has 2 aliphatic heterocycles. The van der Waals surface area contributed by atoms with Gasteiger partial charge in [-0.1, -0.05) is 30.3 Å². The zero-order valence-corrected chi connectivity index (χ0v) is 24.0. The Kier molecular flexibility index (Phi) is 8.57. The smallest absolute Gasteiger partial charge is 0.247 e. The second-order valence-corrected chi connectivity index (χ2v) is 10.5. The van der Waals surface area contributed by atoms with E-state index in [9.17, 15) is 9.18 Å². The molecule has 0 spiro atoms. The number of carbonyl (C=O) groups is 1. The number of amides is 1. The van der Waals surface area contributed by atoms with Crippen molar-refractivity contribution in [2.75, 3.05) is 61.5 Å². The van der Waals surface area contributed by atoms with E-state index in [1.54, 1.807) is 30.4 Å². The molecule has 0 radical (unpaired) electrons. The average molecular weight is 582 g/mol. The molecule has 2 fully saturated rings. The number of benzene rings is 2. The van der Waals surface area contributed by atoms with Crippen molar-refractivity contribution in [1.82, 2.24) is 14.9 Å². The Morgan fingerprint density at radius 3 is 2.80 bits per heavy atom. The first-order valence-electron chi connectivity index (χ1n) is 13.3. The number of hydrogen-bond acceptors (Lipinski definition) is 9. The minimum atomic E-state index is -0.484. The quantitative estimate of drug-likeness (QED) is 0.332. The average Bonchev–Trinajstić information content (AvgIpc) is 3.66. The number of anilines is 5. The van der Waals surface area contributed by atoms with Crippen LogP contribution in [0.1, 0.15) is 24.4 Å². The van der Waals surface area contributed by atoms with Gasteiger partial charge in [0, 0.05) is 37.7 Å². The van der Waals surface area contributed by atoms with Gasteiger partial charge in [0.2, 0.25) is 5.91 Å². The lowest BCUT2D eigenvalue weighted by atomic mass is 10.0. The van der Waals surface area contributed by atoms with E-state index in [1.165, 1.54) is 18.5 Å². The highest BCUT2D eigenvalue weighted by Crippen LogP contribution is 2.41. The normalized spacial score (nSPS) is 18.6. The second-order valence-electron chi connectivity index (χ2n) is 10.1. The number of carbonyl (C=O) groups excluding carboxylic acids is 1. The number of aromatic nitrogens is 2. The molecule has 3 heterocycles. The molecule has 2 N–H and O–H groups in total. The number of ether oxygens (including phenoxy) is 1. The van der Waals surface area contributed by atoms with E-state index < -0.39 is 5.82 Å². The van der Waals surface area contributed by atoms with Crippen LogP contribution in [0.15, 0.2) is 55.4 Å². The molecule has 10 nitrogen and oxygen atoms in total. The Morgan fingerprint density at radius 2 is 2.07 bits per heavy atom. The number of rotatable bonds is 9. The Morgan fingerprint density at radius 1 is 1.24 bits per heavy atom. The molecular formula is C29H33ClFN7O3. The van der Waals surface area contributed by atoms with Crippen molar-refractivity contribution in [3.63, 3.8) is 0 Å². The number of hydroxylamine groups is 1. The summed E-state index contributed by atoms with van der Waals surface area (Å²) in [6, 6.07) is 10.3. The van der Waals surface area contributed by atoms with Crippen LogP contribution >= 0.6 is 11.6 Å². The molecule has 1 amide bonds. The van der Waals surface area contributed by atoms with Crippen molar-refractivity contribution >= 4 is 46.2 Å². The lowest BCUT2D eigenvalue weighted by molar-refractivity contribution is -0.111. The Labute approximate surface area is 243 Å². The van der Waals surface area contributed by atoms with Crippen molar-refractivity contribution in [2.45, 2.75) is 24.9 Å². The number of likely N-dealkylation sites (N-methyl/N-ethyl adjacent to an activating group) is 1. The molecule has 41 heavy (non-hydrogen) atoms. The standard InChI is InChI=1S/C29H33ClFN7O3/c1-5-28(39)35-21-13-22(25(40-4)14-24(21)37-11-9-18(16-37)36(2)3)34-26-15-27(33-17-32-26)38-23(10-12-41-38)19-7-6-8-20(31)29(19)30/h5-8,13-15,17-18,23H,1,9-12,16H2,2-4H3,(H,35,39)(H,32,33,34)/t18-,23-/m1/s1. The monoisotopic (exact) mass is 581 g/mol. The van der Waals surface area contributed by atoms with Gasteiger partial charge in [-0.05, 0) is 44.3 Å². The SMILES string of the molecule is C=CC(=O)Nc1cc(Nc2cc(N3OCC[C@@H]3c3cccc(F)c3Cl)ncn2)c(OC)cc1N1CC[C@@H](N(C)C)C1. The third kappa shape index (κ3) is 6.07. The zero-order valence-electron chi connectivity index (χ0n) is 23.2. The predicted octanol–water partition coefficient (Wildman–Crippen LogP) is 5.17. The first-order chi connectivity index (χ1) is 19.8. The summed E-state index contributed by atoms with van der Waals surface area (Å²) in [5.41, 5.74) is 2.69. The highest BCUT2D eigenvalue weighted by Gasteiger charge is 2.32. The number of nitrogens with one attached hydrogen (secondary N) is 2. The highest BCUT2D eigenvalue weighted by molar-refractivity contribution is 6.31. The molecular weight excluding hydrogens is 549 g/mol. The van der Waals surface area contributed by atoms with E-state index in [1.807, 2.05) is 12.1 Å². The minimum absolute atomic E-state index is 0.0641. The van der Waals surface area contributed by atoms with Crippen LogP contribution in [0.25, 0.3) is 0 Å². The zero-order chi connectivity index (χ0) is 29.1. The van der Waals surface area contributed by atoms with Crippen LogP contribution in [0, 0.1) is 5.82 Å². The van der Waals surface area contributed by atoms with Gasteiger partial charge in [-0.2, -0.15) is 0 Å². The summed E-state index contributed by atoms with van der Waals surface area (Å²) in [5.74, 6) is 0.723. The van der Waals surface area contributed by atoms with Crippen molar-refractivity contribution in [1.29, 1.82) is 0 Å². The van der Waals surface area contributed by atoms with Crippen molar-refractivity contribution in [2.24, 2.45) is 0 Å². The molecule has 1 aromatic heterocycles. The van der Waals surface area contributed by atoms with E-state index in [0.717, 1.165) is 25.2 Å². The number of halogens is 2. The van der Waals surface area contributed by atoms with Gasteiger partial charge in [-0.25, -0.2) is 19.4 Å². The largest absolute Gasteiger partial charge is 0.494 e. The maximum Gasteiger partial charge on any atom is 0.247 e. The molecule has 3 aromatic rings. The number of nitrogens with zero attached hydrogens (tertiary/aromatic N) is 5. The van der Waals surface area contributed by atoms with E-state index in [4.69, 9.17) is 21.2 Å². The van der Waals surface area contributed by atoms with E-state index in [0.29, 0.717) is 53.4 Å². The van der Waals surface area contributed by atoms with Crippen LogP contribution in [-0.2, 0) is 9.63 Å². The summed E-state index contributed by atoms with van der Waals surface area (Å²) >= 11 is 6.28. The summed E-state index contributed by atoms with van der Waals surface area (Å²) in [4.78, 5) is 31.4.